The zero-order valence-electron chi connectivity index (χ0n) is 6.27. The van der Waals surface area contributed by atoms with Crippen LogP contribution in [0.1, 0.15) is 0 Å². The lowest BCUT2D eigenvalue weighted by molar-refractivity contribution is -0.148. The van der Waals surface area contributed by atoms with E-state index in [2.05, 4.69) is 0 Å². The Morgan fingerprint density at radius 1 is 1.42 bits per heavy atom. The van der Waals surface area contributed by atoms with Crippen LogP contribution in [0.15, 0.2) is 0 Å². The molecular weight excluding hydrogens is 166 g/mol. The summed E-state index contributed by atoms with van der Waals surface area (Å²) in [5.41, 5.74) is 0. The summed E-state index contributed by atoms with van der Waals surface area (Å²) >= 11 is 0. The number of nitrogens with zero attached hydrogens (tertiary/aromatic N) is 1. The first-order valence-electron chi connectivity index (χ1n) is 3.43. The van der Waals surface area contributed by atoms with E-state index in [9.17, 15) is 9.59 Å². The molecule has 1 aliphatic rings. The predicted octanol–water partition coefficient (Wildman–Crippen LogP) is -0.550. The van der Waals surface area contributed by atoms with Gasteiger partial charge in [-0.25, -0.2) is 9.59 Å². The predicted molar refractivity (Wildman–Crippen MR) is 37.0 cm³/mol. The van der Waals surface area contributed by atoms with E-state index in [0.717, 1.165) is 4.90 Å². The highest BCUT2D eigenvalue weighted by atomic mass is 16.5. The summed E-state index contributed by atoms with van der Waals surface area (Å²) in [5.74, 6) is -1.17. The van der Waals surface area contributed by atoms with Crippen LogP contribution in [0.4, 0.5) is 4.79 Å². The lowest BCUT2D eigenvalue weighted by Crippen LogP contribution is -2.52. The first kappa shape index (κ1) is 8.79. The molecule has 2 N–H and O–H groups in total. The van der Waals surface area contributed by atoms with Crippen molar-refractivity contribution in [1.29, 1.82) is 0 Å². The van der Waals surface area contributed by atoms with E-state index < -0.39 is 18.1 Å². The second kappa shape index (κ2) is 3.40. The Morgan fingerprint density at radius 3 is 2.50 bits per heavy atom. The summed E-state index contributed by atoms with van der Waals surface area (Å²) in [4.78, 5) is 21.8. The molecule has 0 radical (unpaired) electrons. The molecule has 1 amide bonds. The molecule has 12 heavy (non-hydrogen) atoms. The van der Waals surface area contributed by atoms with E-state index in [0.29, 0.717) is 0 Å². The van der Waals surface area contributed by atoms with Gasteiger partial charge in [0.1, 0.15) is 0 Å². The van der Waals surface area contributed by atoms with E-state index in [1.165, 1.54) is 0 Å². The Kier molecular flexibility index (Phi) is 2.49. The number of carboxylic acid groups (broad SMARTS) is 2. The number of ether oxygens (including phenoxy) is 1. The fraction of sp³-hybridized carbons (Fsp3) is 0.667. The molecule has 1 atom stereocenters. The lowest BCUT2D eigenvalue weighted by Gasteiger charge is -2.30. The molecule has 68 valence electrons. The Hall–Kier alpha value is -1.30. The molecule has 6 heteroatoms. The van der Waals surface area contributed by atoms with Gasteiger partial charge < -0.3 is 14.9 Å². The van der Waals surface area contributed by atoms with Crippen molar-refractivity contribution >= 4 is 12.1 Å². The van der Waals surface area contributed by atoms with E-state index >= 15 is 0 Å². The molecule has 0 unspecified atom stereocenters. The van der Waals surface area contributed by atoms with Crippen molar-refractivity contribution < 1.29 is 24.5 Å². The number of aliphatic carboxylic acids is 1. The van der Waals surface area contributed by atoms with E-state index in [1.54, 1.807) is 0 Å². The molecule has 1 aliphatic heterocycles. The third-order valence-electron chi connectivity index (χ3n) is 1.66. The standard InChI is InChI=1S/C6H9NO5/c8-5(9)4-3-12-2-1-7(4)6(10)11/h4H,1-3H2,(H,8,9)(H,10,11)/t4-/m1/s1. The second-order valence-corrected chi connectivity index (χ2v) is 2.40. The Bertz CT molecular complexity index is 182. The lowest BCUT2D eigenvalue weighted by atomic mass is 10.2. The number of carbonyl (C=O) groups is 2. The quantitative estimate of drug-likeness (QED) is 0.558. The maximum Gasteiger partial charge on any atom is 0.408 e. The highest BCUT2D eigenvalue weighted by Crippen LogP contribution is 2.06. The maximum absolute atomic E-state index is 10.5. The molecule has 1 fully saturated rings. The number of hydrogen-bond donors (Lipinski definition) is 2. The number of rotatable bonds is 1. The van der Waals surface area contributed by atoms with Crippen LogP contribution in [0.3, 0.4) is 0 Å². The summed E-state index contributed by atoms with van der Waals surface area (Å²) in [6.45, 7) is 0.310. The third-order valence-corrected chi connectivity index (χ3v) is 1.66. The zero-order valence-corrected chi connectivity index (χ0v) is 6.27. The molecule has 0 aromatic carbocycles. The smallest absolute Gasteiger partial charge is 0.408 e. The minimum absolute atomic E-state index is 0.0678. The van der Waals surface area contributed by atoms with Gasteiger partial charge in [0.15, 0.2) is 6.04 Å². The molecule has 1 saturated heterocycles. The minimum Gasteiger partial charge on any atom is -0.480 e. The molecule has 0 spiro atoms. The van der Waals surface area contributed by atoms with Crippen LogP contribution in [-0.4, -0.2) is 53.0 Å². The van der Waals surface area contributed by atoms with Crippen molar-refractivity contribution in [2.75, 3.05) is 19.8 Å². The van der Waals surface area contributed by atoms with Crippen molar-refractivity contribution in [2.24, 2.45) is 0 Å². The van der Waals surface area contributed by atoms with Crippen LogP contribution in [-0.2, 0) is 9.53 Å². The molecule has 0 aliphatic carbocycles. The van der Waals surface area contributed by atoms with Gasteiger partial charge in [0, 0.05) is 6.54 Å². The number of hydrogen-bond acceptors (Lipinski definition) is 3. The number of morpholine rings is 1. The average molecular weight is 175 g/mol. The highest BCUT2D eigenvalue weighted by molar-refractivity contribution is 5.79. The van der Waals surface area contributed by atoms with Gasteiger partial charge in [-0.15, -0.1) is 0 Å². The van der Waals surface area contributed by atoms with Crippen LogP contribution >= 0.6 is 0 Å². The van der Waals surface area contributed by atoms with Crippen molar-refractivity contribution in [3.63, 3.8) is 0 Å². The minimum atomic E-state index is -1.22. The molecule has 0 aromatic rings. The van der Waals surface area contributed by atoms with Gasteiger partial charge in [-0.2, -0.15) is 0 Å². The van der Waals surface area contributed by atoms with Gasteiger partial charge >= 0.3 is 12.1 Å². The summed E-state index contributed by atoms with van der Waals surface area (Å²) < 4.78 is 4.84. The Balaban J connectivity index is 2.67. The van der Waals surface area contributed by atoms with Gasteiger partial charge in [-0.1, -0.05) is 0 Å². The fourth-order valence-corrected chi connectivity index (χ4v) is 1.04. The Morgan fingerprint density at radius 2 is 2.08 bits per heavy atom. The molecule has 6 nitrogen and oxygen atoms in total. The normalized spacial score (nSPS) is 23.7. The SMILES string of the molecule is O=C(O)[C@H]1COCCN1C(=O)O. The first-order valence-corrected chi connectivity index (χ1v) is 3.43. The Labute approximate surface area is 68.3 Å². The van der Waals surface area contributed by atoms with Crippen LogP contribution in [0.5, 0.6) is 0 Å². The van der Waals surface area contributed by atoms with Crippen molar-refractivity contribution in [1.82, 2.24) is 4.90 Å². The summed E-state index contributed by atoms with van der Waals surface area (Å²) in [5, 5.41) is 17.1. The topological polar surface area (TPSA) is 87.1 Å². The zero-order chi connectivity index (χ0) is 9.14. The van der Waals surface area contributed by atoms with Crippen LogP contribution in [0, 0.1) is 0 Å². The fourth-order valence-electron chi connectivity index (χ4n) is 1.04. The number of amides is 1. The molecule has 0 aromatic heterocycles. The molecule has 0 bridgehead atoms. The van der Waals surface area contributed by atoms with Crippen molar-refractivity contribution in [3.8, 4) is 0 Å². The maximum atomic E-state index is 10.5. The van der Waals surface area contributed by atoms with Crippen LogP contribution in [0.25, 0.3) is 0 Å². The van der Waals surface area contributed by atoms with Gasteiger partial charge in [-0.05, 0) is 0 Å². The van der Waals surface area contributed by atoms with Gasteiger partial charge in [0.25, 0.3) is 0 Å². The molecular formula is C6H9NO5. The molecule has 1 rings (SSSR count). The van der Waals surface area contributed by atoms with Crippen LogP contribution in [0.2, 0.25) is 0 Å². The summed E-state index contributed by atoms with van der Waals surface area (Å²) in [7, 11) is 0. The summed E-state index contributed by atoms with van der Waals surface area (Å²) in [6, 6.07) is -1.06. The molecule has 0 saturated carbocycles. The third kappa shape index (κ3) is 1.65. The molecule has 1 heterocycles. The van der Waals surface area contributed by atoms with Crippen LogP contribution < -0.4 is 0 Å². The largest absolute Gasteiger partial charge is 0.480 e. The number of carboxylic acids is 1. The summed E-state index contributed by atoms with van der Waals surface area (Å²) in [6.07, 6.45) is -1.22. The van der Waals surface area contributed by atoms with E-state index in [4.69, 9.17) is 14.9 Å². The highest BCUT2D eigenvalue weighted by Gasteiger charge is 2.32. The van der Waals surface area contributed by atoms with Gasteiger partial charge in [0.05, 0.1) is 13.2 Å². The first-order chi connectivity index (χ1) is 5.63. The van der Waals surface area contributed by atoms with Gasteiger partial charge in [0.2, 0.25) is 0 Å². The second-order valence-electron chi connectivity index (χ2n) is 2.40. The monoisotopic (exact) mass is 175 g/mol. The van der Waals surface area contributed by atoms with E-state index in [1.807, 2.05) is 0 Å². The van der Waals surface area contributed by atoms with E-state index in [-0.39, 0.29) is 19.8 Å². The van der Waals surface area contributed by atoms with Crippen molar-refractivity contribution in [3.05, 3.63) is 0 Å². The average Bonchev–Trinajstić information content (AvgIpc) is 2.04. The van der Waals surface area contributed by atoms with Crippen molar-refractivity contribution in [2.45, 2.75) is 6.04 Å². The van der Waals surface area contributed by atoms with Gasteiger partial charge in [-0.3, -0.25) is 4.90 Å².